The van der Waals surface area contributed by atoms with E-state index in [1.807, 2.05) is 0 Å². The lowest BCUT2D eigenvalue weighted by atomic mass is 10.3. The predicted molar refractivity (Wildman–Crippen MR) is 47.3 cm³/mol. The highest BCUT2D eigenvalue weighted by molar-refractivity contribution is 7.86. The number of nitrogens with one attached hydrogen (secondary N) is 1. The number of carboxylic acids is 1. The second kappa shape index (κ2) is 4.50. The maximum atomic E-state index is 10.8. The van der Waals surface area contributed by atoms with Crippen molar-refractivity contribution in [1.29, 1.82) is 0 Å². The lowest BCUT2D eigenvalue weighted by Gasteiger charge is -2.11. The first kappa shape index (κ1) is 10.6. The van der Waals surface area contributed by atoms with Gasteiger partial charge in [-0.15, -0.1) is 0 Å². The smallest absolute Gasteiger partial charge is 0.318 e. The van der Waals surface area contributed by atoms with E-state index in [1.165, 1.54) is 7.05 Å². The summed E-state index contributed by atoms with van der Waals surface area (Å²) in [5.74, 6) is -1.60. The summed E-state index contributed by atoms with van der Waals surface area (Å²) in [7, 11) is 1.41. The van der Waals surface area contributed by atoms with Gasteiger partial charge in [-0.2, -0.15) is 25.3 Å². The number of carboxylic acid groups (broad SMARTS) is 1. The van der Waals surface area contributed by atoms with Crippen LogP contribution in [0.2, 0.25) is 0 Å². The number of amides is 1. The third kappa shape index (κ3) is 3.02. The third-order valence-electron chi connectivity index (χ3n) is 1.07. The van der Waals surface area contributed by atoms with E-state index in [1.54, 1.807) is 0 Å². The van der Waals surface area contributed by atoms with Crippen LogP contribution >= 0.6 is 25.3 Å². The molecule has 0 aromatic rings. The summed E-state index contributed by atoms with van der Waals surface area (Å²) in [6.07, 6.45) is 0. The Kier molecular flexibility index (Phi) is 4.36. The Labute approximate surface area is 75.2 Å². The third-order valence-corrected chi connectivity index (χ3v) is 2.35. The molecule has 0 radical (unpaired) electrons. The van der Waals surface area contributed by atoms with Crippen molar-refractivity contribution >= 4 is 37.1 Å². The van der Waals surface area contributed by atoms with Crippen molar-refractivity contribution in [2.45, 2.75) is 10.5 Å². The average molecular weight is 195 g/mol. The molecule has 1 amide bonds. The molecule has 0 spiro atoms. The van der Waals surface area contributed by atoms with Crippen LogP contribution in [0.15, 0.2) is 0 Å². The van der Waals surface area contributed by atoms with Crippen molar-refractivity contribution in [2.24, 2.45) is 0 Å². The van der Waals surface area contributed by atoms with Gasteiger partial charge in [-0.05, 0) is 0 Å². The molecule has 0 fully saturated rings. The summed E-state index contributed by atoms with van der Waals surface area (Å²) < 4.78 is 0. The van der Waals surface area contributed by atoms with Crippen LogP contribution in [0.3, 0.4) is 0 Å². The van der Waals surface area contributed by atoms with E-state index in [0.717, 1.165) is 0 Å². The molecule has 0 aliphatic carbocycles. The summed E-state index contributed by atoms with van der Waals surface area (Å²) in [5.41, 5.74) is 0. The van der Waals surface area contributed by atoms with Crippen LogP contribution in [0.25, 0.3) is 0 Å². The maximum absolute atomic E-state index is 10.8. The number of rotatable bonds is 3. The van der Waals surface area contributed by atoms with Crippen LogP contribution in [0, 0.1) is 0 Å². The molecule has 0 bridgehead atoms. The molecule has 0 aliphatic rings. The monoisotopic (exact) mass is 195 g/mol. The molecule has 2 N–H and O–H groups in total. The molecular weight excluding hydrogens is 186 g/mol. The highest BCUT2D eigenvalue weighted by Gasteiger charge is 2.26. The Hall–Kier alpha value is -0.360. The standard InChI is InChI=1S/C5H9NO3S2/c1-6-4(7)2(10)3(11)5(8)9/h2-3,10-11H,1H3,(H,6,7)(H,8,9). The highest BCUT2D eigenvalue weighted by atomic mass is 32.1. The Bertz CT molecular complexity index is 173. The van der Waals surface area contributed by atoms with Crippen LogP contribution < -0.4 is 5.32 Å². The van der Waals surface area contributed by atoms with E-state index >= 15 is 0 Å². The summed E-state index contributed by atoms with van der Waals surface area (Å²) >= 11 is 7.45. The number of thiol groups is 2. The summed E-state index contributed by atoms with van der Waals surface area (Å²) in [6, 6.07) is 0. The lowest BCUT2D eigenvalue weighted by molar-refractivity contribution is -0.137. The van der Waals surface area contributed by atoms with Crippen LogP contribution in [0.1, 0.15) is 0 Å². The number of hydrogen-bond donors (Lipinski definition) is 4. The molecular formula is C5H9NO3S2. The minimum absolute atomic E-state index is 0.448. The topological polar surface area (TPSA) is 66.4 Å². The van der Waals surface area contributed by atoms with Gasteiger partial charge in [0.1, 0.15) is 10.5 Å². The van der Waals surface area contributed by atoms with Gasteiger partial charge in [0.2, 0.25) is 5.91 Å². The van der Waals surface area contributed by atoms with Crippen molar-refractivity contribution in [3.05, 3.63) is 0 Å². The first-order valence-electron chi connectivity index (χ1n) is 2.81. The van der Waals surface area contributed by atoms with E-state index < -0.39 is 22.4 Å². The van der Waals surface area contributed by atoms with Gasteiger partial charge in [-0.25, -0.2) is 0 Å². The second-order valence-corrected chi connectivity index (χ2v) is 2.95. The molecule has 0 aromatic carbocycles. The fourth-order valence-electron chi connectivity index (χ4n) is 0.426. The summed E-state index contributed by atoms with van der Waals surface area (Å²) in [5, 5.41) is 8.68. The number of carbonyl (C=O) groups is 2. The summed E-state index contributed by atoms with van der Waals surface area (Å²) in [6.45, 7) is 0. The molecule has 2 unspecified atom stereocenters. The number of hydrogen-bond acceptors (Lipinski definition) is 4. The van der Waals surface area contributed by atoms with Crippen LogP contribution in [-0.4, -0.2) is 34.5 Å². The minimum Gasteiger partial charge on any atom is -0.480 e. The molecule has 0 aromatic heterocycles. The molecule has 0 heterocycles. The van der Waals surface area contributed by atoms with Crippen molar-refractivity contribution in [3.8, 4) is 0 Å². The van der Waals surface area contributed by atoms with E-state index in [2.05, 4.69) is 30.6 Å². The molecule has 0 aliphatic heterocycles. The minimum atomic E-state index is -1.16. The van der Waals surface area contributed by atoms with Gasteiger partial charge in [0.15, 0.2) is 0 Å². The van der Waals surface area contributed by atoms with Crippen LogP contribution in [-0.2, 0) is 9.59 Å². The zero-order chi connectivity index (χ0) is 9.02. The number of carbonyl (C=O) groups excluding carboxylic acids is 1. The average Bonchev–Trinajstić information content (AvgIpc) is 2.00. The molecule has 6 heteroatoms. The lowest BCUT2D eigenvalue weighted by Crippen LogP contribution is -2.38. The van der Waals surface area contributed by atoms with Gasteiger partial charge >= 0.3 is 5.97 Å². The normalized spacial score (nSPS) is 15.2. The summed E-state index contributed by atoms with van der Waals surface area (Å²) in [4.78, 5) is 21.0. The Morgan fingerprint density at radius 2 is 1.82 bits per heavy atom. The molecule has 2 atom stereocenters. The van der Waals surface area contributed by atoms with Crippen molar-refractivity contribution in [1.82, 2.24) is 5.32 Å². The fourth-order valence-corrected chi connectivity index (χ4v) is 0.818. The van der Waals surface area contributed by atoms with Crippen molar-refractivity contribution < 1.29 is 14.7 Å². The van der Waals surface area contributed by atoms with E-state index in [9.17, 15) is 9.59 Å². The highest BCUT2D eigenvalue weighted by Crippen LogP contribution is 2.08. The van der Waals surface area contributed by atoms with Crippen molar-refractivity contribution in [3.63, 3.8) is 0 Å². The molecule has 0 saturated heterocycles. The first-order chi connectivity index (χ1) is 5.00. The van der Waals surface area contributed by atoms with E-state index in [0.29, 0.717) is 0 Å². The molecule has 11 heavy (non-hydrogen) atoms. The largest absolute Gasteiger partial charge is 0.480 e. The van der Waals surface area contributed by atoms with Gasteiger partial charge in [0.25, 0.3) is 0 Å². The zero-order valence-corrected chi connectivity index (χ0v) is 7.60. The maximum Gasteiger partial charge on any atom is 0.318 e. The SMILES string of the molecule is CNC(=O)C(S)C(S)C(=O)O. The molecule has 64 valence electrons. The zero-order valence-electron chi connectivity index (χ0n) is 5.81. The van der Waals surface area contributed by atoms with Crippen LogP contribution in [0.5, 0.6) is 0 Å². The molecule has 4 nitrogen and oxygen atoms in total. The number of aliphatic carboxylic acids is 1. The second-order valence-electron chi connectivity index (χ2n) is 1.84. The molecule has 0 saturated carbocycles. The van der Waals surface area contributed by atoms with Gasteiger partial charge in [-0.3, -0.25) is 9.59 Å². The van der Waals surface area contributed by atoms with Crippen molar-refractivity contribution in [2.75, 3.05) is 7.05 Å². The fraction of sp³-hybridized carbons (Fsp3) is 0.600. The van der Waals surface area contributed by atoms with Gasteiger partial charge in [0, 0.05) is 7.05 Å². The first-order valence-corrected chi connectivity index (χ1v) is 3.84. The van der Waals surface area contributed by atoms with Gasteiger partial charge < -0.3 is 10.4 Å². The predicted octanol–water partition coefficient (Wildman–Crippen LogP) is -0.586. The quantitative estimate of drug-likeness (QED) is 0.455. The van der Waals surface area contributed by atoms with E-state index in [4.69, 9.17) is 5.11 Å². The Balaban J connectivity index is 4.12. The Morgan fingerprint density at radius 3 is 2.09 bits per heavy atom. The Morgan fingerprint density at radius 1 is 1.36 bits per heavy atom. The van der Waals surface area contributed by atoms with E-state index in [-0.39, 0.29) is 0 Å². The van der Waals surface area contributed by atoms with Gasteiger partial charge in [0.05, 0.1) is 0 Å². The van der Waals surface area contributed by atoms with Crippen LogP contribution in [0.4, 0.5) is 0 Å². The van der Waals surface area contributed by atoms with Gasteiger partial charge in [-0.1, -0.05) is 0 Å². The molecule has 0 rings (SSSR count).